The largest absolute Gasteiger partial charge is 0.365 e. The summed E-state index contributed by atoms with van der Waals surface area (Å²) in [5.41, 5.74) is 2.62. The van der Waals surface area contributed by atoms with E-state index in [0.29, 0.717) is 5.16 Å². The molecular formula is C15H14N4OS2. The lowest BCUT2D eigenvalue weighted by molar-refractivity contribution is 0.680. The Kier molecular flexibility index (Phi) is 4.26. The molecule has 1 aromatic carbocycles. The number of aromatic nitrogens is 3. The number of thiazole rings is 1. The molecule has 3 rings (SSSR count). The van der Waals surface area contributed by atoms with Gasteiger partial charge < -0.3 is 5.32 Å². The van der Waals surface area contributed by atoms with Crippen LogP contribution in [0.2, 0.25) is 0 Å². The first-order valence-electron chi connectivity index (χ1n) is 6.60. The van der Waals surface area contributed by atoms with Crippen LogP contribution in [0.4, 0.5) is 5.13 Å². The maximum absolute atomic E-state index is 11.6. The summed E-state index contributed by atoms with van der Waals surface area (Å²) >= 11 is 1.52. The van der Waals surface area contributed by atoms with Crippen molar-refractivity contribution in [3.63, 3.8) is 0 Å². The van der Waals surface area contributed by atoms with E-state index in [0.717, 1.165) is 27.0 Å². The van der Waals surface area contributed by atoms with Gasteiger partial charge in [-0.15, -0.1) is 0 Å². The van der Waals surface area contributed by atoms with E-state index < -0.39 is 10.8 Å². The van der Waals surface area contributed by atoms with Crippen molar-refractivity contribution in [2.24, 2.45) is 0 Å². The van der Waals surface area contributed by atoms with E-state index in [4.69, 9.17) is 0 Å². The number of nitrogens with zero attached hydrogens (tertiary/aromatic N) is 3. The number of nitrogens with one attached hydrogen (secondary N) is 1. The fraction of sp³-hybridized carbons (Fsp3) is 0.133. The van der Waals surface area contributed by atoms with Crippen molar-refractivity contribution in [3.8, 4) is 21.8 Å². The second kappa shape index (κ2) is 6.33. The highest BCUT2D eigenvalue weighted by molar-refractivity contribution is 7.84. The molecule has 0 saturated carbocycles. The molecule has 7 heteroatoms. The fourth-order valence-corrected chi connectivity index (χ4v) is 3.35. The Morgan fingerprint density at radius 1 is 1.14 bits per heavy atom. The summed E-state index contributed by atoms with van der Waals surface area (Å²) in [5.74, 6) is 0. The van der Waals surface area contributed by atoms with Gasteiger partial charge in [0.15, 0.2) is 5.13 Å². The molecule has 0 fully saturated rings. The first-order chi connectivity index (χ1) is 10.7. The molecule has 22 heavy (non-hydrogen) atoms. The molecule has 0 aliphatic heterocycles. The summed E-state index contributed by atoms with van der Waals surface area (Å²) in [6.07, 6.45) is 3.20. The van der Waals surface area contributed by atoms with E-state index in [1.165, 1.54) is 11.3 Å². The third kappa shape index (κ3) is 2.90. The minimum Gasteiger partial charge on any atom is -0.365 e. The number of hydrogen-bond acceptors (Lipinski definition) is 6. The van der Waals surface area contributed by atoms with Crippen molar-refractivity contribution >= 4 is 27.3 Å². The molecule has 0 bridgehead atoms. The highest BCUT2D eigenvalue weighted by atomic mass is 32.2. The number of rotatable bonds is 4. The second-order valence-corrected chi connectivity index (χ2v) is 6.76. The minimum absolute atomic E-state index is 0.330. The summed E-state index contributed by atoms with van der Waals surface area (Å²) in [5, 5.41) is 4.21. The Morgan fingerprint density at radius 2 is 1.91 bits per heavy atom. The Balaban J connectivity index is 2.16. The monoisotopic (exact) mass is 330 g/mol. The van der Waals surface area contributed by atoms with Crippen LogP contribution >= 0.6 is 11.3 Å². The van der Waals surface area contributed by atoms with Crippen molar-refractivity contribution < 1.29 is 4.21 Å². The molecule has 0 radical (unpaired) electrons. The van der Waals surface area contributed by atoms with Gasteiger partial charge in [0.25, 0.3) is 0 Å². The lowest BCUT2D eigenvalue weighted by atomic mass is 10.1. The van der Waals surface area contributed by atoms with Gasteiger partial charge in [-0.05, 0) is 6.07 Å². The summed E-state index contributed by atoms with van der Waals surface area (Å²) < 4.78 is 11.6. The molecule has 1 unspecified atom stereocenters. The molecule has 2 aromatic heterocycles. The summed E-state index contributed by atoms with van der Waals surface area (Å²) in [7, 11) is 0.624. The van der Waals surface area contributed by atoms with E-state index in [1.807, 2.05) is 43.4 Å². The van der Waals surface area contributed by atoms with Crippen molar-refractivity contribution in [2.75, 3.05) is 18.6 Å². The smallest absolute Gasteiger partial charge is 0.218 e. The molecule has 5 nitrogen and oxygen atoms in total. The quantitative estimate of drug-likeness (QED) is 0.745. The predicted octanol–water partition coefficient (Wildman–Crippen LogP) is 3.05. The molecule has 1 atom stereocenters. The van der Waals surface area contributed by atoms with Crippen LogP contribution < -0.4 is 5.32 Å². The topological polar surface area (TPSA) is 67.8 Å². The highest BCUT2D eigenvalue weighted by Gasteiger charge is 2.16. The zero-order valence-electron chi connectivity index (χ0n) is 12.1. The fourth-order valence-electron chi connectivity index (χ4n) is 2.00. The van der Waals surface area contributed by atoms with Gasteiger partial charge in [0.1, 0.15) is 0 Å². The first kappa shape index (κ1) is 14.8. The lowest BCUT2D eigenvalue weighted by Crippen LogP contribution is -1.97. The second-order valence-electron chi connectivity index (χ2n) is 4.49. The van der Waals surface area contributed by atoms with E-state index in [-0.39, 0.29) is 0 Å². The normalized spacial score (nSPS) is 12.1. The van der Waals surface area contributed by atoms with Crippen LogP contribution in [0.25, 0.3) is 21.8 Å². The van der Waals surface area contributed by atoms with Gasteiger partial charge in [-0.1, -0.05) is 41.7 Å². The van der Waals surface area contributed by atoms with E-state index in [9.17, 15) is 4.21 Å². The molecule has 3 aromatic rings. The minimum atomic E-state index is -1.21. The van der Waals surface area contributed by atoms with Gasteiger partial charge in [-0.3, -0.25) is 4.21 Å². The Labute approximate surface area is 134 Å². The number of hydrogen-bond donors (Lipinski definition) is 1. The van der Waals surface area contributed by atoms with Crippen LogP contribution in [0.5, 0.6) is 0 Å². The number of anilines is 1. The third-order valence-corrected chi connectivity index (χ3v) is 4.82. The van der Waals surface area contributed by atoms with Crippen molar-refractivity contribution in [1.29, 1.82) is 0 Å². The SMILES string of the molecule is CNc1nc(-c2ccccc2)c(-c2ccnc(S(C)=O)n2)s1. The average Bonchev–Trinajstić information content (AvgIpc) is 3.00. The molecule has 0 aliphatic carbocycles. The van der Waals surface area contributed by atoms with Gasteiger partial charge in [0.2, 0.25) is 5.16 Å². The van der Waals surface area contributed by atoms with E-state index in [1.54, 1.807) is 12.5 Å². The molecule has 112 valence electrons. The molecule has 0 aliphatic rings. The number of benzene rings is 1. The molecule has 2 heterocycles. The summed E-state index contributed by atoms with van der Waals surface area (Å²) in [4.78, 5) is 14.0. The zero-order chi connectivity index (χ0) is 15.5. The summed E-state index contributed by atoms with van der Waals surface area (Å²) in [6, 6.07) is 11.8. The maximum Gasteiger partial charge on any atom is 0.218 e. The van der Waals surface area contributed by atoms with Crippen LogP contribution in [0.3, 0.4) is 0 Å². The summed E-state index contributed by atoms with van der Waals surface area (Å²) in [6.45, 7) is 0. The Morgan fingerprint density at radius 3 is 2.59 bits per heavy atom. The molecule has 1 N–H and O–H groups in total. The van der Waals surface area contributed by atoms with Crippen molar-refractivity contribution in [2.45, 2.75) is 5.16 Å². The maximum atomic E-state index is 11.6. The van der Waals surface area contributed by atoms with Crippen LogP contribution in [-0.2, 0) is 10.8 Å². The predicted molar refractivity (Wildman–Crippen MR) is 90.5 cm³/mol. The molecular weight excluding hydrogens is 316 g/mol. The standard InChI is InChI=1S/C15H14N4OS2/c1-16-14-19-12(10-6-4-3-5-7-10)13(21-14)11-8-9-17-15(18-11)22(2)20/h3-9H,1-2H3,(H,16,19). The van der Waals surface area contributed by atoms with Gasteiger partial charge in [0.05, 0.1) is 27.1 Å². The average molecular weight is 330 g/mol. The van der Waals surface area contributed by atoms with Crippen LogP contribution in [-0.4, -0.2) is 32.5 Å². The Bertz CT molecular complexity index is 817. The van der Waals surface area contributed by atoms with Crippen LogP contribution in [0, 0.1) is 0 Å². The molecule has 0 amide bonds. The Hall–Kier alpha value is -2.12. The van der Waals surface area contributed by atoms with Crippen molar-refractivity contribution in [3.05, 3.63) is 42.6 Å². The highest BCUT2D eigenvalue weighted by Crippen LogP contribution is 2.37. The van der Waals surface area contributed by atoms with E-state index >= 15 is 0 Å². The zero-order valence-corrected chi connectivity index (χ0v) is 13.7. The van der Waals surface area contributed by atoms with Crippen LogP contribution in [0.1, 0.15) is 0 Å². The lowest BCUT2D eigenvalue weighted by Gasteiger charge is -2.03. The van der Waals surface area contributed by atoms with E-state index in [2.05, 4.69) is 20.3 Å². The van der Waals surface area contributed by atoms with Gasteiger partial charge >= 0.3 is 0 Å². The van der Waals surface area contributed by atoms with Gasteiger partial charge in [0, 0.05) is 25.1 Å². The van der Waals surface area contributed by atoms with Crippen molar-refractivity contribution in [1.82, 2.24) is 15.0 Å². The van der Waals surface area contributed by atoms with Gasteiger partial charge in [-0.2, -0.15) is 0 Å². The van der Waals surface area contributed by atoms with Crippen LogP contribution in [0.15, 0.2) is 47.8 Å². The molecule has 0 saturated heterocycles. The molecule has 0 spiro atoms. The first-order valence-corrected chi connectivity index (χ1v) is 8.97. The third-order valence-electron chi connectivity index (χ3n) is 3.01. The van der Waals surface area contributed by atoms with Gasteiger partial charge in [-0.25, -0.2) is 15.0 Å².